The van der Waals surface area contributed by atoms with Crippen molar-refractivity contribution in [1.29, 1.82) is 0 Å². The van der Waals surface area contributed by atoms with E-state index in [9.17, 15) is 48.3 Å². The minimum absolute atomic E-state index is 0.0435. The van der Waals surface area contributed by atoms with Gasteiger partial charge in [0.05, 0.1) is 54.2 Å². The quantitative estimate of drug-likeness (QED) is 0.00382. The summed E-state index contributed by atoms with van der Waals surface area (Å²) < 4.78 is 35.6. The molecule has 5 amide bonds. The topological polar surface area (TPSA) is 315 Å². The van der Waals surface area contributed by atoms with Gasteiger partial charge < -0.3 is 53.8 Å². The molecule has 12 rings (SSSR count). The monoisotopic (exact) mass is 1890 g/mol. The number of hydrogen-bond donors (Lipinski definition) is 5. The fraction of sp³-hybridized carbons (Fsp3) is 0.346. The van der Waals surface area contributed by atoms with Crippen molar-refractivity contribution >= 4 is 149 Å². The number of Topliss-reactive ketones (excluding diaryl/α,β-unsaturated/α-hetero) is 3. The highest BCUT2D eigenvalue weighted by atomic mass is 31.2. The summed E-state index contributed by atoms with van der Waals surface area (Å²) in [5.74, 6) is -4.65. The van der Waals surface area contributed by atoms with Gasteiger partial charge >= 0.3 is 24.1 Å². The molecule has 9 aromatic carbocycles. The van der Waals surface area contributed by atoms with Crippen LogP contribution in [0.15, 0.2) is 280 Å². The summed E-state index contributed by atoms with van der Waals surface area (Å²) in [6.07, 6.45) is -0.0438. The number of aliphatic hydroxyl groups excluding tert-OH is 1. The Morgan fingerprint density at radius 2 is 0.701 bits per heavy atom. The summed E-state index contributed by atoms with van der Waals surface area (Å²) >= 11 is 0. The van der Waals surface area contributed by atoms with Crippen LogP contribution in [0.1, 0.15) is 154 Å². The van der Waals surface area contributed by atoms with Gasteiger partial charge in [-0.2, -0.15) is 0 Å². The van der Waals surface area contributed by atoms with E-state index in [4.69, 9.17) is 33.5 Å². The smallest absolute Gasteiger partial charge is 0.412 e. The lowest BCUT2D eigenvalue weighted by molar-refractivity contribution is -0.157. The summed E-state index contributed by atoms with van der Waals surface area (Å²) in [5, 5.41) is 23.9. The number of β-lactam (4-membered cyclic amide) rings is 3. The van der Waals surface area contributed by atoms with Crippen molar-refractivity contribution in [2.75, 3.05) is 29.6 Å². The summed E-state index contributed by atoms with van der Waals surface area (Å²) in [7, 11) is -4.42. The second-order valence-corrected chi connectivity index (χ2v) is 55.0. The van der Waals surface area contributed by atoms with Crippen LogP contribution in [0.4, 0.5) is 26.7 Å². The van der Waals surface area contributed by atoms with Crippen molar-refractivity contribution in [2.24, 2.45) is 17.8 Å². The van der Waals surface area contributed by atoms with Crippen molar-refractivity contribution in [3.8, 4) is 0 Å². The van der Waals surface area contributed by atoms with Gasteiger partial charge in [0.2, 0.25) is 17.7 Å². The third kappa shape index (κ3) is 24.4. The zero-order chi connectivity index (χ0) is 98.2. The normalized spacial score (nSPS) is 17.4. The van der Waals surface area contributed by atoms with Gasteiger partial charge in [-0.15, -0.1) is 0 Å². The van der Waals surface area contributed by atoms with Crippen LogP contribution in [0.25, 0.3) is 0 Å². The lowest BCUT2D eigenvalue weighted by Crippen LogP contribution is -2.69. The van der Waals surface area contributed by atoms with E-state index >= 15 is 4.79 Å². The van der Waals surface area contributed by atoms with Crippen molar-refractivity contribution < 1.29 is 80.9 Å². The Balaban J connectivity index is 0.000000217. The van der Waals surface area contributed by atoms with Crippen LogP contribution in [0.5, 0.6) is 0 Å². The molecule has 0 radical (unpaired) electrons. The molecule has 0 aromatic heterocycles. The molecular weight excluding hydrogens is 1760 g/mol. The number of esters is 2. The number of benzene rings is 9. The number of ketones is 3. The molecular formula is C107H130N6O17P2Si2. The number of likely N-dealkylation sites (tertiary alicyclic amines) is 2. The van der Waals surface area contributed by atoms with Crippen LogP contribution in [0.2, 0.25) is 36.3 Å². The van der Waals surface area contributed by atoms with E-state index in [2.05, 4.69) is 96.8 Å². The Kier molecular flexibility index (Phi) is 34.2. The Bertz CT molecular complexity index is 5600. The van der Waals surface area contributed by atoms with E-state index in [-0.39, 0.29) is 101 Å². The summed E-state index contributed by atoms with van der Waals surface area (Å²) in [4.78, 5) is 139. The first kappa shape index (κ1) is 104. The Labute approximate surface area is 791 Å². The molecule has 0 bridgehead atoms. The molecule has 0 aliphatic carbocycles. The second kappa shape index (κ2) is 44.0. The molecule has 0 spiro atoms. The van der Waals surface area contributed by atoms with Crippen molar-refractivity contribution in [3.05, 3.63) is 297 Å². The number of hydrogen-bond acceptors (Lipinski definition) is 18. The van der Waals surface area contributed by atoms with E-state index in [1.807, 2.05) is 196 Å². The van der Waals surface area contributed by atoms with E-state index in [0.717, 1.165) is 31.8 Å². The first-order valence-electron chi connectivity index (χ1n) is 45.2. The van der Waals surface area contributed by atoms with Gasteiger partial charge in [0.25, 0.3) is 0 Å². The van der Waals surface area contributed by atoms with Gasteiger partial charge in [-0.1, -0.05) is 249 Å². The number of nitrogens with two attached hydrogens (primary N) is 1. The number of nitrogens with zero attached hydrogens (tertiary/aromatic N) is 2. The van der Waals surface area contributed by atoms with Gasteiger partial charge in [0.1, 0.15) is 35.3 Å². The Hall–Kier alpha value is -11.9. The molecule has 134 heavy (non-hydrogen) atoms. The predicted molar refractivity (Wildman–Crippen MR) is 544 cm³/mol. The number of nitrogen functional groups attached to an aromatic ring is 1. The molecule has 0 saturated carbocycles. The van der Waals surface area contributed by atoms with Crippen molar-refractivity contribution in [3.63, 3.8) is 0 Å². The number of ether oxygens (including phenoxy) is 4. The average Bonchev–Trinajstić information content (AvgIpc) is 0.716. The molecule has 23 nitrogen and oxygen atoms in total. The first-order chi connectivity index (χ1) is 63.1. The largest absolute Gasteiger partial charge is 0.457 e. The minimum Gasteiger partial charge on any atom is -0.457 e. The predicted octanol–water partition coefficient (Wildman–Crippen LogP) is 17.7. The number of carbonyl (C=O) groups is 10. The van der Waals surface area contributed by atoms with Gasteiger partial charge in [-0.3, -0.25) is 39.4 Å². The van der Waals surface area contributed by atoms with Gasteiger partial charge in [0, 0.05) is 66.8 Å². The van der Waals surface area contributed by atoms with Gasteiger partial charge in [-0.25, -0.2) is 19.2 Å². The fourth-order valence-electron chi connectivity index (χ4n) is 16.4. The lowest BCUT2D eigenvalue weighted by Gasteiger charge is -2.53. The van der Waals surface area contributed by atoms with E-state index < -0.39 is 108 Å². The van der Waals surface area contributed by atoms with Crippen LogP contribution in [0.3, 0.4) is 0 Å². The number of anilines is 3. The minimum atomic E-state index is -3.21. The average molecular weight is 1890 g/mol. The third-order valence-electron chi connectivity index (χ3n) is 24.8. The van der Waals surface area contributed by atoms with Crippen LogP contribution in [-0.4, -0.2) is 162 Å². The highest BCUT2D eigenvalue weighted by Gasteiger charge is 2.59. The summed E-state index contributed by atoms with van der Waals surface area (Å²) in [6, 6.07) is 76.2. The second-order valence-electron chi connectivity index (χ2n) is 38.8. The molecule has 9 atom stereocenters. The highest BCUT2D eigenvalue weighted by Crippen LogP contribution is 2.53. The van der Waals surface area contributed by atoms with Crippen LogP contribution in [-0.2, 0) is 51.8 Å². The number of aliphatic hydroxyl groups is 1. The molecule has 9 aromatic rings. The first-order valence-corrected chi connectivity index (χ1v) is 54.6. The number of carbonyl (C=O) groups excluding carboxylic acids is 10. The van der Waals surface area contributed by atoms with Crippen LogP contribution >= 0.6 is 13.8 Å². The molecule has 27 heteroatoms. The van der Waals surface area contributed by atoms with Gasteiger partial charge in [-0.05, 0) is 203 Å². The Morgan fingerprint density at radius 1 is 0.425 bits per heavy atom. The van der Waals surface area contributed by atoms with Crippen molar-refractivity contribution in [2.45, 2.75) is 207 Å². The SMILES string of the molecule is C=CCOC(=O)C(N1C(=O)[C@H]([C@@H](C)O)[C@H]1CC(=O)c1ccc(N)cc1)=P(c1ccccc1)(c1ccccc1)c1ccccc1.C=CCOC(=O)C(N1C(=O)[C@H]([C@@H](C)O[Si](C)(C)C(C)(C)C)[C@H]1CC(=O)c1ccc(NC(=O)OC(C)(C)C)cc1)=P(c1ccccc1)(c1ccccc1)c1ccccc1.C[C@@H](O[Si](C)(C)C(C)(C)C)[C@H]1C(=O)N[C@@H]1CC(=O)c1ccc(NC(=O)OC(C)(C)C)cc1. The molecule has 3 aliphatic heterocycles. The van der Waals surface area contributed by atoms with Crippen molar-refractivity contribution in [1.82, 2.24) is 15.1 Å². The van der Waals surface area contributed by atoms with Gasteiger partial charge in [0.15, 0.2) is 34.0 Å². The number of nitrogens with one attached hydrogen (secondary N) is 3. The fourth-order valence-corrected chi connectivity index (χ4v) is 28.0. The molecule has 3 heterocycles. The molecule has 0 unspecified atom stereocenters. The maximum Gasteiger partial charge on any atom is 0.412 e. The molecule has 3 saturated heterocycles. The van der Waals surface area contributed by atoms with Crippen LogP contribution in [0, 0.1) is 17.8 Å². The third-order valence-corrected chi connectivity index (χ3v) is 42.5. The maximum absolute atomic E-state index is 15.1. The number of amides is 5. The maximum atomic E-state index is 15.1. The molecule has 708 valence electrons. The lowest BCUT2D eigenvalue weighted by atomic mass is 9.79. The zero-order valence-electron chi connectivity index (χ0n) is 80.4. The standard InChI is InChI=1S/C47H57N2O7PSi.C36H35N2O5P.C24H38N2O5Si/c1-11-31-54-44(52)43(57(36-21-15-12-16-22-36,37-23-17-13-18-24-37)38-25-19-14-20-26-38)49-39(41(42(49)51)33(2)56-58(9,10)47(6,7)8)32-40(50)34-27-29-35(30-28-34)48-45(53)55-46(3,4)5;1-3-23-43-36(42)35(38-31(33(25(2)39)34(38)41)24-32(40)26-19-21-27(37)22-20-26)44(28-13-7-4-8-14-28,29-15-9-5-10-16-29)30-17-11-6-12-18-30;1-15(31-32(8,9)24(5,6)7)20-18(26-21(20)28)14-19(27)16-10-12-17(13-11-16)25-22(29)30-23(2,3)4/h11-30,33,39,41H,1,31-32H2,2-10H3,(H,48,53);3-22,25,31,33,39H,1,23-24,37H2,2H3;10-13,15,18,20H,14H2,1-9H3,(H,25,29)(H,26,28)/t33-,39-,41-;25-,31-,33-;15-,18-,20-/m111/s1. The highest BCUT2D eigenvalue weighted by molar-refractivity contribution is 7.97. The summed E-state index contributed by atoms with van der Waals surface area (Å²) in [6.45, 7) is 38.6. The van der Waals surface area contributed by atoms with E-state index in [1.54, 1.807) is 119 Å². The van der Waals surface area contributed by atoms with Crippen LogP contribution < -0.4 is 53.5 Å². The Morgan fingerprint density at radius 3 is 0.978 bits per heavy atom. The molecule has 3 aliphatic rings. The van der Waals surface area contributed by atoms with E-state index in [1.165, 1.54) is 24.0 Å². The molecule has 3 fully saturated rings. The number of rotatable bonds is 32. The summed E-state index contributed by atoms with van der Waals surface area (Å²) in [5.41, 5.74) is 7.78. The zero-order valence-corrected chi connectivity index (χ0v) is 84.2. The molecule has 6 N–H and O–H groups in total. The van der Waals surface area contributed by atoms with E-state index in [0.29, 0.717) is 33.8 Å².